The van der Waals surface area contributed by atoms with Gasteiger partial charge in [0.2, 0.25) is 0 Å². The second-order valence-electron chi connectivity index (χ2n) is 5.63. The minimum atomic E-state index is 0.460. The highest BCUT2D eigenvalue weighted by atomic mass is 35.5. The maximum atomic E-state index is 6.04. The normalized spacial score (nSPS) is 10.8. The van der Waals surface area contributed by atoms with Crippen LogP contribution in [0.3, 0.4) is 0 Å². The molecule has 0 aliphatic carbocycles. The lowest BCUT2D eigenvalue weighted by molar-refractivity contribution is 0.680. The van der Waals surface area contributed by atoms with E-state index >= 15 is 0 Å². The first-order valence-electron chi connectivity index (χ1n) is 7.64. The van der Waals surface area contributed by atoms with Crippen LogP contribution in [0.2, 0.25) is 5.02 Å². The molecule has 0 aromatic heterocycles. The highest BCUT2D eigenvalue weighted by Crippen LogP contribution is 2.26. The summed E-state index contributed by atoms with van der Waals surface area (Å²) in [7, 11) is 0. The molecular formula is C21H19Cl. The van der Waals surface area contributed by atoms with E-state index in [2.05, 4.69) is 72.8 Å². The standard InChI is InChI=1S/C21H19Cl/c22-21-13-11-19(12-14-21)20(15-17-7-3-1-4-8-17)16-18-9-5-2-6-10-18/h1-14,20H,15-16H2. The van der Waals surface area contributed by atoms with E-state index in [1.165, 1.54) is 16.7 Å². The van der Waals surface area contributed by atoms with Gasteiger partial charge in [0.05, 0.1) is 0 Å². The molecule has 3 aromatic rings. The topological polar surface area (TPSA) is 0 Å². The van der Waals surface area contributed by atoms with Gasteiger partial charge in [-0.2, -0.15) is 0 Å². The van der Waals surface area contributed by atoms with Gasteiger partial charge < -0.3 is 0 Å². The predicted octanol–water partition coefficient (Wildman–Crippen LogP) is 5.91. The Morgan fingerprint density at radius 2 is 1.05 bits per heavy atom. The summed E-state index contributed by atoms with van der Waals surface area (Å²) in [5, 5.41) is 0.793. The molecule has 0 aliphatic rings. The van der Waals surface area contributed by atoms with Crippen LogP contribution >= 0.6 is 11.6 Å². The number of hydrogen-bond donors (Lipinski definition) is 0. The second-order valence-corrected chi connectivity index (χ2v) is 6.06. The van der Waals surface area contributed by atoms with Gasteiger partial charge in [0, 0.05) is 5.02 Å². The Balaban J connectivity index is 1.86. The first kappa shape index (κ1) is 14.9. The molecule has 0 fully saturated rings. The average molecular weight is 307 g/mol. The monoisotopic (exact) mass is 306 g/mol. The van der Waals surface area contributed by atoms with Crippen LogP contribution in [0.25, 0.3) is 0 Å². The van der Waals surface area contributed by atoms with E-state index in [4.69, 9.17) is 11.6 Å². The molecule has 0 spiro atoms. The summed E-state index contributed by atoms with van der Waals surface area (Å²) in [5.74, 6) is 0.460. The molecule has 3 rings (SSSR count). The molecule has 0 bridgehead atoms. The molecule has 0 amide bonds. The van der Waals surface area contributed by atoms with E-state index in [-0.39, 0.29) is 0 Å². The van der Waals surface area contributed by atoms with E-state index in [9.17, 15) is 0 Å². The quantitative estimate of drug-likeness (QED) is 0.550. The summed E-state index contributed by atoms with van der Waals surface area (Å²) in [4.78, 5) is 0. The highest BCUT2D eigenvalue weighted by molar-refractivity contribution is 6.30. The van der Waals surface area contributed by atoms with Gasteiger partial charge in [-0.05, 0) is 47.6 Å². The van der Waals surface area contributed by atoms with Gasteiger partial charge >= 0.3 is 0 Å². The van der Waals surface area contributed by atoms with Gasteiger partial charge in [-0.1, -0.05) is 84.4 Å². The Morgan fingerprint density at radius 3 is 1.50 bits per heavy atom. The molecule has 0 aliphatic heterocycles. The first-order chi connectivity index (χ1) is 10.8. The average Bonchev–Trinajstić information content (AvgIpc) is 2.57. The Bertz CT molecular complexity index is 645. The van der Waals surface area contributed by atoms with E-state index in [0.717, 1.165) is 17.9 Å². The fraction of sp³-hybridized carbons (Fsp3) is 0.143. The molecular weight excluding hydrogens is 288 g/mol. The van der Waals surface area contributed by atoms with Gasteiger partial charge in [0.1, 0.15) is 0 Å². The van der Waals surface area contributed by atoms with Gasteiger partial charge in [-0.25, -0.2) is 0 Å². The van der Waals surface area contributed by atoms with Crippen molar-refractivity contribution in [3.8, 4) is 0 Å². The smallest absolute Gasteiger partial charge is 0.0406 e. The zero-order valence-electron chi connectivity index (χ0n) is 12.5. The minimum absolute atomic E-state index is 0.460. The van der Waals surface area contributed by atoms with Crippen LogP contribution in [0, 0.1) is 0 Å². The van der Waals surface area contributed by atoms with Crippen molar-refractivity contribution in [3.05, 3.63) is 107 Å². The maximum Gasteiger partial charge on any atom is 0.0406 e. The summed E-state index contributed by atoms with van der Waals surface area (Å²) in [5.41, 5.74) is 4.09. The first-order valence-corrected chi connectivity index (χ1v) is 8.02. The molecule has 1 heteroatoms. The third kappa shape index (κ3) is 3.99. The zero-order chi connectivity index (χ0) is 15.2. The Hall–Kier alpha value is -2.05. The molecule has 0 unspecified atom stereocenters. The van der Waals surface area contributed by atoms with Crippen LogP contribution in [-0.4, -0.2) is 0 Å². The number of halogens is 1. The molecule has 3 aromatic carbocycles. The third-order valence-corrected chi connectivity index (χ3v) is 4.24. The van der Waals surface area contributed by atoms with Crippen molar-refractivity contribution < 1.29 is 0 Å². The van der Waals surface area contributed by atoms with E-state index in [1.807, 2.05) is 12.1 Å². The van der Waals surface area contributed by atoms with Gasteiger partial charge in [0.25, 0.3) is 0 Å². The summed E-state index contributed by atoms with van der Waals surface area (Å²) >= 11 is 6.04. The second kappa shape index (κ2) is 7.29. The molecule has 0 heterocycles. The molecule has 110 valence electrons. The van der Waals surface area contributed by atoms with E-state index < -0.39 is 0 Å². The van der Waals surface area contributed by atoms with Crippen LogP contribution in [0.15, 0.2) is 84.9 Å². The molecule has 0 radical (unpaired) electrons. The lowest BCUT2D eigenvalue weighted by atomic mass is 9.87. The largest absolute Gasteiger partial charge is 0.0843 e. The number of hydrogen-bond acceptors (Lipinski definition) is 0. The third-order valence-electron chi connectivity index (χ3n) is 3.99. The summed E-state index contributed by atoms with van der Waals surface area (Å²) in [6.45, 7) is 0. The Morgan fingerprint density at radius 1 is 0.591 bits per heavy atom. The molecule has 0 N–H and O–H groups in total. The summed E-state index contributed by atoms with van der Waals surface area (Å²) < 4.78 is 0. The van der Waals surface area contributed by atoms with Crippen molar-refractivity contribution in [1.82, 2.24) is 0 Å². The van der Waals surface area contributed by atoms with Crippen LogP contribution in [0.4, 0.5) is 0 Å². The Labute approximate surface area is 137 Å². The zero-order valence-corrected chi connectivity index (χ0v) is 13.2. The fourth-order valence-corrected chi connectivity index (χ4v) is 2.97. The summed E-state index contributed by atoms with van der Waals surface area (Å²) in [6, 6.07) is 29.7. The SMILES string of the molecule is Clc1ccc(C(Cc2ccccc2)Cc2ccccc2)cc1. The van der Waals surface area contributed by atoms with Crippen molar-refractivity contribution in [2.24, 2.45) is 0 Å². The van der Waals surface area contributed by atoms with Gasteiger partial charge in [0.15, 0.2) is 0 Å². The molecule has 0 saturated carbocycles. The lowest BCUT2D eigenvalue weighted by Gasteiger charge is -2.18. The van der Waals surface area contributed by atoms with Crippen molar-refractivity contribution >= 4 is 11.6 Å². The molecule has 0 atom stereocenters. The molecule has 0 nitrogen and oxygen atoms in total. The molecule has 0 saturated heterocycles. The van der Waals surface area contributed by atoms with Crippen LogP contribution in [0.5, 0.6) is 0 Å². The van der Waals surface area contributed by atoms with Crippen LogP contribution in [0.1, 0.15) is 22.6 Å². The minimum Gasteiger partial charge on any atom is -0.0843 e. The Kier molecular flexibility index (Phi) is 4.92. The van der Waals surface area contributed by atoms with Crippen molar-refractivity contribution in [2.75, 3.05) is 0 Å². The van der Waals surface area contributed by atoms with Gasteiger partial charge in [-0.15, -0.1) is 0 Å². The van der Waals surface area contributed by atoms with Crippen molar-refractivity contribution in [3.63, 3.8) is 0 Å². The van der Waals surface area contributed by atoms with E-state index in [0.29, 0.717) is 5.92 Å². The maximum absolute atomic E-state index is 6.04. The van der Waals surface area contributed by atoms with E-state index in [1.54, 1.807) is 0 Å². The highest BCUT2D eigenvalue weighted by Gasteiger charge is 2.13. The summed E-state index contributed by atoms with van der Waals surface area (Å²) in [6.07, 6.45) is 2.08. The van der Waals surface area contributed by atoms with Crippen molar-refractivity contribution in [2.45, 2.75) is 18.8 Å². The van der Waals surface area contributed by atoms with Gasteiger partial charge in [-0.3, -0.25) is 0 Å². The fourth-order valence-electron chi connectivity index (χ4n) is 2.84. The predicted molar refractivity (Wildman–Crippen MR) is 94.5 cm³/mol. The lowest BCUT2D eigenvalue weighted by Crippen LogP contribution is -2.07. The van der Waals surface area contributed by atoms with Crippen LogP contribution < -0.4 is 0 Å². The number of rotatable bonds is 5. The number of benzene rings is 3. The van der Waals surface area contributed by atoms with Crippen molar-refractivity contribution in [1.29, 1.82) is 0 Å². The van der Waals surface area contributed by atoms with Crippen LogP contribution in [-0.2, 0) is 12.8 Å². The molecule has 22 heavy (non-hydrogen) atoms.